The van der Waals surface area contributed by atoms with Gasteiger partial charge < -0.3 is 10.1 Å². The van der Waals surface area contributed by atoms with Crippen LogP contribution in [0.1, 0.15) is 30.1 Å². The molecule has 3 nitrogen and oxygen atoms in total. The molecule has 0 spiro atoms. The monoisotopic (exact) mass is 346 g/mol. The fraction of sp³-hybridized carbons (Fsp3) is 0.353. The lowest BCUT2D eigenvalue weighted by Gasteiger charge is -2.18. The first-order valence-corrected chi connectivity index (χ1v) is 8.18. The van der Waals surface area contributed by atoms with Gasteiger partial charge >= 0.3 is 0 Å². The van der Waals surface area contributed by atoms with Gasteiger partial charge in [0, 0.05) is 40.9 Å². The first-order valence-electron chi connectivity index (χ1n) is 7.38. The van der Waals surface area contributed by atoms with Crippen LogP contribution in [0.3, 0.4) is 0 Å². The Labute approximate surface area is 133 Å². The van der Waals surface area contributed by atoms with Gasteiger partial charge in [0.15, 0.2) is 0 Å². The molecule has 0 saturated heterocycles. The summed E-state index contributed by atoms with van der Waals surface area (Å²) in [6, 6.07) is 12.7. The van der Waals surface area contributed by atoms with Crippen LogP contribution in [0.2, 0.25) is 0 Å². The van der Waals surface area contributed by atoms with Crippen molar-refractivity contribution >= 4 is 15.9 Å². The molecule has 0 fully saturated rings. The van der Waals surface area contributed by atoms with E-state index in [4.69, 9.17) is 4.74 Å². The lowest BCUT2D eigenvalue weighted by molar-refractivity contribution is 0.315. The van der Waals surface area contributed by atoms with Crippen LogP contribution in [0.4, 0.5) is 0 Å². The Morgan fingerprint density at radius 1 is 1.29 bits per heavy atom. The number of pyridine rings is 1. The summed E-state index contributed by atoms with van der Waals surface area (Å²) < 4.78 is 6.91. The third-order valence-corrected chi connectivity index (χ3v) is 4.24. The summed E-state index contributed by atoms with van der Waals surface area (Å²) in [6.45, 7) is 1.72. The number of aromatic nitrogens is 1. The molecular formula is C17H19BrN2O. The second-order valence-corrected chi connectivity index (χ2v) is 6.17. The van der Waals surface area contributed by atoms with Crippen LogP contribution < -0.4 is 10.1 Å². The smallest absolute Gasteiger partial charge is 0.125 e. The number of benzene rings is 1. The normalized spacial score (nSPS) is 17.7. The Morgan fingerprint density at radius 3 is 3.10 bits per heavy atom. The fourth-order valence-corrected chi connectivity index (χ4v) is 3.02. The lowest BCUT2D eigenvalue weighted by Crippen LogP contribution is -2.23. The number of hydrogen-bond donors (Lipinski definition) is 1. The van der Waals surface area contributed by atoms with Gasteiger partial charge in [-0.05, 0) is 37.1 Å². The number of ether oxygens (including phenoxy) is 1. The Hall–Kier alpha value is -1.39. The Bertz CT molecular complexity index is 589. The molecule has 110 valence electrons. The van der Waals surface area contributed by atoms with E-state index >= 15 is 0 Å². The van der Waals surface area contributed by atoms with E-state index in [1.807, 2.05) is 18.3 Å². The Morgan fingerprint density at radius 2 is 2.24 bits per heavy atom. The van der Waals surface area contributed by atoms with Crippen LogP contribution in [0.25, 0.3) is 0 Å². The molecule has 0 amide bonds. The zero-order chi connectivity index (χ0) is 14.5. The highest BCUT2D eigenvalue weighted by Crippen LogP contribution is 2.33. The predicted octanol–water partition coefficient (Wildman–Crippen LogP) is 3.89. The average Bonchev–Trinajstić information content (AvgIpc) is 2.70. The van der Waals surface area contributed by atoms with Crippen molar-refractivity contribution in [2.75, 3.05) is 13.2 Å². The summed E-state index contributed by atoms with van der Waals surface area (Å²) >= 11 is 3.51. The molecule has 0 radical (unpaired) electrons. The zero-order valence-electron chi connectivity index (χ0n) is 11.9. The molecule has 21 heavy (non-hydrogen) atoms. The maximum absolute atomic E-state index is 5.84. The summed E-state index contributed by atoms with van der Waals surface area (Å²) in [4.78, 5) is 4.36. The quantitative estimate of drug-likeness (QED) is 0.911. The first-order chi connectivity index (χ1) is 10.3. The van der Waals surface area contributed by atoms with Crippen LogP contribution in [-0.4, -0.2) is 18.1 Å². The van der Waals surface area contributed by atoms with Crippen molar-refractivity contribution in [2.24, 2.45) is 0 Å². The topological polar surface area (TPSA) is 34.1 Å². The van der Waals surface area contributed by atoms with Crippen molar-refractivity contribution < 1.29 is 4.74 Å². The van der Waals surface area contributed by atoms with Crippen LogP contribution >= 0.6 is 15.9 Å². The molecule has 1 aromatic heterocycles. The van der Waals surface area contributed by atoms with Crippen molar-refractivity contribution in [2.45, 2.75) is 25.3 Å². The van der Waals surface area contributed by atoms with Crippen molar-refractivity contribution in [1.29, 1.82) is 0 Å². The van der Waals surface area contributed by atoms with E-state index < -0.39 is 0 Å². The number of fused-ring (bicyclic) bond motifs is 1. The van der Waals surface area contributed by atoms with Crippen LogP contribution in [0.15, 0.2) is 47.1 Å². The first kappa shape index (κ1) is 14.5. The SMILES string of the molecule is Brc1ccc2c(c1)OCCCC2NCCc1ccccn1. The van der Waals surface area contributed by atoms with E-state index in [2.05, 4.69) is 50.5 Å². The number of nitrogens with zero attached hydrogens (tertiary/aromatic N) is 1. The summed E-state index contributed by atoms with van der Waals surface area (Å²) in [5.74, 6) is 0.997. The highest BCUT2D eigenvalue weighted by Gasteiger charge is 2.19. The van der Waals surface area contributed by atoms with Gasteiger partial charge in [-0.1, -0.05) is 28.1 Å². The molecule has 1 atom stereocenters. The molecule has 3 rings (SSSR count). The van der Waals surface area contributed by atoms with Crippen LogP contribution in [0.5, 0.6) is 5.75 Å². The third kappa shape index (κ3) is 3.83. The summed E-state index contributed by atoms with van der Waals surface area (Å²) in [6.07, 6.45) is 4.98. The van der Waals surface area contributed by atoms with Crippen molar-refractivity contribution in [1.82, 2.24) is 10.3 Å². The number of hydrogen-bond acceptors (Lipinski definition) is 3. The van der Waals surface area contributed by atoms with Gasteiger partial charge in [-0.25, -0.2) is 0 Å². The third-order valence-electron chi connectivity index (χ3n) is 3.74. The van der Waals surface area contributed by atoms with Gasteiger partial charge in [-0.3, -0.25) is 4.98 Å². The van der Waals surface area contributed by atoms with E-state index in [1.165, 1.54) is 5.56 Å². The zero-order valence-corrected chi connectivity index (χ0v) is 13.5. The van der Waals surface area contributed by atoms with Crippen LogP contribution in [0, 0.1) is 0 Å². The van der Waals surface area contributed by atoms with Crippen molar-refractivity contribution in [3.8, 4) is 5.75 Å². The molecule has 2 aromatic rings. The molecule has 1 aliphatic heterocycles. The van der Waals surface area contributed by atoms with Crippen LogP contribution in [-0.2, 0) is 6.42 Å². The highest BCUT2D eigenvalue weighted by molar-refractivity contribution is 9.10. The molecule has 2 heterocycles. The molecule has 0 saturated carbocycles. The number of nitrogens with one attached hydrogen (secondary N) is 1. The second kappa shape index (κ2) is 7.05. The molecular weight excluding hydrogens is 328 g/mol. The Balaban J connectivity index is 1.65. The summed E-state index contributed by atoms with van der Waals surface area (Å²) in [5, 5.41) is 3.65. The van der Waals surface area contributed by atoms with E-state index in [0.29, 0.717) is 6.04 Å². The van der Waals surface area contributed by atoms with E-state index in [-0.39, 0.29) is 0 Å². The van der Waals surface area contributed by atoms with Crippen molar-refractivity contribution in [3.05, 3.63) is 58.3 Å². The molecule has 1 unspecified atom stereocenters. The maximum atomic E-state index is 5.84. The largest absolute Gasteiger partial charge is 0.493 e. The highest BCUT2D eigenvalue weighted by atomic mass is 79.9. The summed E-state index contributed by atoms with van der Waals surface area (Å²) in [5.41, 5.74) is 2.39. The molecule has 4 heteroatoms. The lowest BCUT2D eigenvalue weighted by atomic mass is 10.0. The standard InChI is InChI=1S/C17H19BrN2O/c18-13-6-7-15-16(5-3-11-21-17(15)12-13)20-10-8-14-4-1-2-9-19-14/h1-2,4,6-7,9,12,16,20H,3,5,8,10-11H2. The summed E-state index contributed by atoms with van der Waals surface area (Å²) in [7, 11) is 0. The predicted molar refractivity (Wildman–Crippen MR) is 87.6 cm³/mol. The van der Waals surface area contributed by atoms with Gasteiger partial charge in [0.2, 0.25) is 0 Å². The average molecular weight is 347 g/mol. The molecule has 0 aliphatic carbocycles. The minimum atomic E-state index is 0.360. The molecule has 1 aromatic carbocycles. The minimum Gasteiger partial charge on any atom is -0.493 e. The van der Waals surface area contributed by atoms with Gasteiger partial charge in [0.25, 0.3) is 0 Å². The van der Waals surface area contributed by atoms with Gasteiger partial charge in [0.1, 0.15) is 5.75 Å². The fourth-order valence-electron chi connectivity index (χ4n) is 2.68. The minimum absolute atomic E-state index is 0.360. The maximum Gasteiger partial charge on any atom is 0.125 e. The Kier molecular flexibility index (Phi) is 4.88. The number of rotatable bonds is 4. The number of halogens is 1. The molecule has 0 bridgehead atoms. The van der Waals surface area contributed by atoms with Gasteiger partial charge in [-0.2, -0.15) is 0 Å². The van der Waals surface area contributed by atoms with Gasteiger partial charge in [0.05, 0.1) is 6.61 Å². The van der Waals surface area contributed by atoms with E-state index in [0.717, 1.165) is 48.3 Å². The van der Waals surface area contributed by atoms with Gasteiger partial charge in [-0.15, -0.1) is 0 Å². The molecule has 1 N–H and O–H groups in total. The second-order valence-electron chi connectivity index (χ2n) is 5.25. The van der Waals surface area contributed by atoms with E-state index in [1.54, 1.807) is 0 Å². The molecule has 1 aliphatic rings. The van der Waals surface area contributed by atoms with Crippen molar-refractivity contribution in [3.63, 3.8) is 0 Å². The van der Waals surface area contributed by atoms with E-state index in [9.17, 15) is 0 Å².